The first-order valence-electron chi connectivity index (χ1n) is 6.68. The van der Waals surface area contributed by atoms with E-state index in [1.54, 1.807) is 12.3 Å². The lowest BCUT2D eigenvalue weighted by Gasteiger charge is -2.34. The van der Waals surface area contributed by atoms with Crippen molar-refractivity contribution in [2.24, 2.45) is 11.1 Å². The number of pyridine rings is 1. The molecule has 0 spiro atoms. The van der Waals surface area contributed by atoms with Crippen molar-refractivity contribution in [2.45, 2.75) is 32.7 Å². The Kier molecular flexibility index (Phi) is 3.01. The van der Waals surface area contributed by atoms with Crippen LogP contribution in [-0.4, -0.2) is 15.0 Å². The van der Waals surface area contributed by atoms with Crippen molar-refractivity contribution in [1.29, 1.82) is 0 Å². The van der Waals surface area contributed by atoms with Gasteiger partial charge in [-0.15, -0.1) is 0 Å². The van der Waals surface area contributed by atoms with Gasteiger partial charge in [-0.25, -0.2) is 19.3 Å². The van der Waals surface area contributed by atoms with Crippen molar-refractivity contribution in [1.82, 2.24) is 15.0 Å². The largest absolute Gasteiger partial charge is 0.324 e. The number of nitrogens with two attached hydrogens (primary N) is 1. The van der Waals surface area contributed by atoms with Crippen molar-refractivity contribution in [3.63, 3.8) is 0 Å². The predicted molar refractivity (Wildman–Crippen MR) is 74.3 cm³/mol. The molecule has 0 aromatic carbocycles. The fraction of sp³-hybridized carbons (Fsp3) is 0.400. The standard InChI is InChI=1S/C15H17FN4/c1-15(2)5-11(17)10-8-19-14(20-13(10)6-15)12-4-3-9(16)7-18-12/h3-4,7-8,11H,5-6,17H2,1-2H3. The molecule has 5 heteroatoms. The van der Waals surface area contributed by atoms with Crippen molar-refractivity contribution in [3.05, 3.63) is 41.6 Å². The SMILES string of the molecule is CC1(C)Cc2nc(-c3ccc(F)cn3)ncc2C(N)C1. The molecule has 1 unspecified atom stereocenters. The molecule has 0 radical (unpaired) electrons. The van der Waals surface area contributed by atoms with Crippen LogP contribution in [0.1, 0.15) is 37.6 Å². The van der Waals surface area contributed by atoms with Crippen molar-refractivity contribution in [3.8, 4) is 11.5 Å². The van der Waals surface area contributed by atoms with Crippen LogP contribution in [0, 0.1) is 11.2 Å². The zero-order valence-electron chi connectivity index (χ0n) is 11.6. The van der Waals surface area contributed by atoms with Crippen LogP contribution in [0.2, 0.25) is 0 Å². The summed E-state index contributed by atoms with van der Waals surface area (Å²) < 4.78 is 12.9. The maximum atomic E-state index is 12.9. The normalized spacial score (nSPS) is 20.5. The summed E-state index contributed by atoms with van der Waals surface area (Å²) in [5, 5.41) is 0. The first-order valence-corrected chi connectivity index (χ1v) is 6.68. The molecular weight excluding hydrogens is 255 g/mol. The van der Waals surface area contributed by atoms with E-state index in [9.17, 15) is 4.39 Å². The maximum Gasteiger partial charge on any atom is 0.178 e. The zero-order chi connectivity index (χ0) is 14.3. The highest BCUT2D eigenvalue weighted by molar-refractivity contribution is 5.49. The van der Waals surface area contributed by atoms with Crippen molar-refractivity contribution in [2.75, 3.05) is 0 Å². The summed E-state index contributed by atoms with van der Waals surface area (Å²) in [6.07, 6.45) is 4.75. The number of hydrogen-bond donors (Lipinski definition) is 1. The molecule has 1 aliphatic carbocycles. The summed E-state index contributed by atoms with van der Waals surface area (Å²) in [6, 6.07) is 2.93. The number of hydrogen-bond acceptors (Lipinski definition) is 4. The van der Waals surface area contributed by atoms with Gasteiger partial charge in [0.05, 0.1) is 6.20 Å². The Bertz CT molecular complexity index is 637. The number of halogens is 1. The van der Waals surface area contributed by atoms with Crippen LogP contribution in [-0.2, 0) is 6.42 Å². The second kappa shape index (κ2) is 4.59. The van der Waals surface area contributed by atoms with Crippen molar-refractivity contribution >= 4 is 0 Å². The van der Waals surface area contributed by atoms with Crippen molar-refractivity contribution < 1.29 is 4.39 Å². The van der Waals surface area contributed by atoms with Gasteiger partial charge in [0.15, 0.2) is 5.82 Å². The van der Waals surface area contributed by atoms with Gasteiger partial charge >= 0.3 is 0 Å². The molecule has 2 heterocycles. The van der Waals surface area contributed by atoms with Gasteiger partial charge in [0.25, 0.3) is 0 Å². The minimum Gasteiger partial charge on any atom is -0.324 e. The van der Waals surface area contributed by atoms with E-state index in [0.717, 1.165) is 24.1 Å². The molecular formula is C15H17FN4. The quantitative estimate of drug-likeness (QED) is 0.866. The summed E-state index contributed by atoms with van der Waals surface area (Å²) >= 11 is 0. The molecule has 2 aromatic heterocycles. The average molecular weight is 272 g/mol. The molecule has 0 fully saturated rings. The highest BCUT2D eigenvalue weighted by Gasteiger charge is 2.31. The van der Waals surface area contributed by atoms with Gasteiger partial charge < -0.3 is 5.73 Å². The average Bonchev–Trinajstić information content (AvgIpc) is 2.37. The Morgan fingerprint density at radius 2 is 2.05 bits per heavy atom. The molecule has 0 bridgehead atoms. The molecule has 0 saturated heterocycles. The second-order valence-electron chi connectivity index (χ2n) is 6.11. The topological polar surface area (TPSA) is 64.7 Å². The number of nitrogens with zero attached hydrogens (tertiary/aromatic N) is 3. The summed E-state index contributed by atoms with van der Waals surface area (Å²) in [5.41, 5.74) is 8.88. The monoisotopic (exact) mass is 272 g/mol. The summed E-state index contributed by atoms with van der Waals surface area (Å²) in [7, 11) is 0. The van der Waals surface area contributed by atoms with E-state index < -0.39 is 0 Å². The van der Waals surface area contributed by atoms with E-state index in [1.165, 1.54) is 12.3 Å². The highest BCUT2D eigenvalue weighted by atomic mass is 19.1. The summed E-state index contributed by atoms with van der Waals surface area (Å²) in [4.78, 5) is 12.9. The number of fused-ring (bicyclic) bond motifs is 1. The summed E-state index contributed by atoms with van der Waals surface area (Å²) in [6.45, 7) is 4.38. The van der Waals surface area contributed by atoms with E-state index in [1.807, 2.05) is 0 Å². The van der Waals surface area contributed by atoms with Crippen LogP contribution in [0.3, 0.4) is 0 Å². The van der Waals surface area contributed by atoms with Gasteiger partial charge in [0.1, 0.15) is 11.5 Å². The molecule has 1 atom stereocenters. The van der Waals surface area contributed by atoms with E-state index in [0.29, 0.717) is 11.5 Å². The van der Waals surface area contributed by atoms with Gasteiger partial charge in [-0.2, -0.15) is 0 Å². The molecule has 4 nitrogen and oxygen atoms in total. The van der Waals surface area contributed by atoms with Crippen LogP contribution in [0.15, 0.2) is 24.5 Å². The third-order valence-electron chi connectivity index (χ3n) is 3.67. The molecule has 1 aliphatic rings. The Morgan fingerprint density at radius 1 is 1.25 bits per heavy atom. The third-order valence-corrected chi connectivity index (χ3v) is 3.67. The molecule has 2 aromatic rings. The minimum absolute atomic E-state index is 0.0241. The van der Waals surface area contributed by atoms with E-state index in [4.69, 9.17) is 5.73 Å². The minimum atomic E-state index is -0.366. The molecule has 0 aliphatic heterocycles. The van der Waals surface area contributed by atoms with Gasteiger partial charge in [-0.05, 0) is 30.4 Å². The van der Waals surface area contributed by atoms with Gasteiger partial charge in [0.2, 0.25) is 0 Å². The Labute approximate surface area is 117 Å². The predicted octanol–water partition coefficient (Wildman–Crippen LogP) is 2.65. The van der Waals surface area contributed by atoms with Gasteiger partial charge in [0, 0.05) is 23.5 Å². The van der Waals surface area contributed by atoms with Gasteiger partial charge in [-0.1, -0.05) is 13.8 Å². The first-order chi connectivity index (χ1) is 9.44. The zero-order valence-corrected chi connectivity index (χ0v) is 11.6. The molecule has 104 valence electrons. The molecule has 0 saturated carbocycles. The number of aromatic nitrogens is 3. The lowest BCUT2D eigenvalue weighted by atomic mass is 9.74. The van der Waals surface area contributed by atoms with Crippen LogP contribution in [0.25, 0.3) is 11.5 Å². The maximum absolute atomic E-state index is 12.9. The van der Waals surface area contributed by atoms with E-state index in [-0.39, 0.29) is 17.3 Å². The van der Waals surface area contributed by atoms with E-state index >= 15 is 0 Å². The lowest BCUT2D eigenvalue weighted by Crippen LogP contribution is -2.30. The Morgan fingerprint density at radius 3 is 2.75 bits per heavy atom. The van der Waals surface area contributed by atoms with E-state index in [2.05, 4.69) is 28.8 Å². The highest BCUT2D eigenvalue weighted by Crippen LogP contribution is 2.38. The second-order valence-corrected chi connectivity index (χ2v) is 6.11. The Hall–Kier alpha value is -1.88. The molecule has 0 amide bonds. The Balaban J connectivity index is 2.02. The fourth-order valence-electron chi connectivity index (χ4n) is 2.74. The molecule has 2 N–H and O–H groups in total. The first kappa shape index (κ1) is 13.1. The van der Waals surface area contributed by atoms with Gasteiger partial charge in [-0.3, -0.25) is 0 Å². The molecule has 3 rings (SSSR count). The van der Waals surface area contributed by atoms with Crippen LogP contribution in [0.5, 0.6) is 0 Å². The number of rotatable bonds is 1. The third kappa shape index (κ3) is 2.41. The molecule has 20 heavy (non-hydrogen) atoms. The van der Waals surface area contributed by atoms with Crippen LogP contribution in [0.4, 0.5) is 4.39 Å². The van der Waals surface area contributed by atoms with Crippen LogP contribution < -0.4 is 5.73 Å². The fourth-order valence-corrected chi connectivity index (χ4v) is 2.74. The smallest absolute Gasteiger partial charge is 0.178 e. The summed E-state index contributed by atoms with van der Waals surface area (Å²) in [5.74, 6) is 0.156. The lowest BCUT2D eigenvalue weighted by molar-refractivity contribution is 0.278. The van der Waals surface area contributed by atoms with Crippen LogP contribution >= 0.6 is 0 Å².